The van der Waals surface area contributed by atoms with Gasteiger partial charge in [0.05, 0.1) is 6.04 Å². The van der Waals surface area contributed by atoms with Crippen LogP contribution < -0.4 is 4.74 Å². The molecule has 27 heavy (non-hydrogen) atoms. The molecule has 1 aromatic carbocycles. The lowest BCUT2D eigenvalue weighted by atomic mass is 9.83. The first kappa shape index (κ1) is 17.8. The first-order chi connectivity index (χ1) is 13.0. The molecule has 2 heterocycles. The third-order valence-corrected chi connectivity index (χ3v) is 5.73. The maximum absolute atomic E-state index is 13.4. The van der Waals surface area contributed by atoms with Gasteiger partial charge in [0.25, 0.3) is 0 Å². The predicted octanol–water partition coefficient (Wildman–Crippen LogP) is 3.77. The third kappa shape index (κ3) is 3.61. The van der Waals surface area contributed by atoms with Crippen LogP contribution in [0.2, 0.25) is 0 Å². The Morgan fingerprint density at radius 2 is 2.04 bits per heavy atom. The quantitative estimate of drug-likeness (QED) is 0.751. The Hall–Kier alpha value is -2.62. The molecule has 2 bridgehead atoms. The van der Waals surface area contributed by atoms with Crippen molar-refractivity contribution in [2.45, 2.75) is 39.2 Å². The van der Waals surface area contributed by atoms with E-state index in [-0.39, 0.29) is 11.9 Å². The SMILES string of the molecule is CC(C)n1nc(CC2[C@@H]3CC[C@H]2CN(C#N)C3)nc1Oc1cccc(F)c1. The molecule has 0 spiro atoms. The Morgan fingerprint density at radius 3 is 2.67 bits per heavy atom. The van der Waals surface area contributed by atoms with Crippen molar-refractivity contribution in [3.05, 3.63) is 35.9 Å². The van der Waals surface area contributed by atoms with Gasteiger partial charge in [-0.25, -0.2) is 9.07 Å². The van der Waals surface area contributed by atoms with Crippen LogP contribution >= 0.6 is 0 Å². The molecule has 1 unspecified atom stereocenters. The number of aromatic nitrogens is 3. The molecule has 1 aliphatic heterocycles. The molecule has 2 fully saturated rings. The molecule has 0 radical (unpaired) electrons. The van der Waals surface area contributed by atoms with Gasteiger partial charge < -0.3 is 9.64 Å². The number of rotatable bonds is 5. The number of piperidine rings is 1. The second-order valence-electron chi connectivity index (χ2n) is 7.88. The molecule has 7 heteroatoms. The van der Waals surface area contributed by atoms with Crippen LogP contribution in [-0.4, -0.2) is 32.8 Å². The summed E-state index contributed by atoms with van der Waals surface area (Å²) in [6.07, 6.45) is 5.44. The Labute approximate surface area is 158 Å². The molecule has 1 saturated heterocycles. The standard InChI is InChI=1S/C20H24FN5O/c1-13(2)26-20(27-17-5-3-4-16(21)8-17)23-19(24-26)9-18-14-6-7-15(18)11-25(10-14)12-22/h3-5,8,13-15,18H,6-7,9-11H2,1-2H3/t14-,15+,18?. The van der Waals surface area contributed by atoms with E-state index in [1.165, 1.54) is 25.0 Å². The summed E-state index contributed by atoms with van der Waals surface area (Å²) in [5.41, 5.74) is 0. The van der Waals surface area contributed by atoms with Gasteiger partial charge in [0.1, 0.15) is 11.6 Å². The van der Waals surface area contributed by atoms with Crippen LogP contribution in [0.15, 0.2) is 24.3 Å². The number of hydrogen-bond donors (Lipinski definition) is 0. The summed E-state index contributed by atoms with van der Waals surface area (Å²) in [5.74, 6) is 2.41. The first-order valence-corrected chi connectivity index (χ1v) is 9.57. The van der Waals surface area contributed by atoms with Crippen molar-refractivity contribution < 1.29 is 9.13 Å². The highest BCUT2D eigenvalue weighted by atomic mass is 19.1. The van der Waals surface area contributed by atoms with E-state index < -0.39 is 0 Å². The lowest BCUT2D eigenvalue weighted by Gasteiger charge is -2.34. The van der Waals surface area contributed by atoms with Crippen LogP contribution in [0, 0.1) is 35.0 Å². The van der Waals surface area contributed by atoms with Gasteiger partial charge in [-0.15, -0.1) is 0 Å². The van der Waals surface area contributed by atoms with Gasteiger partial charge in [-0.1, -0.05) is 6.07 Å². The van der Waals surface area contributed by atoms with Gasteiger partial charge in [-0.3, -0.25) is 0 Å². The minimum Gasteiger partial charge on any atom is -0.424 e. The van der Waals surface area contributed by atoms with E-state index in [1.54, 1.807) is 16.8 Å². The van der Waals surface area contributed by atoms with Crippen LogP contribution in [0.3, 0.4) is 0 Å². The number of halogens is 1. The molecule has 1 aliphatic carbocycles. The van der Waals surface area contributed by atoms with E-state index in [4.69, 9.17) is 4.74 Å². The van der Waals surface area contributed by atoms with Crippen molar-refractivity contribution in [1.82, 2.24) is 19.7 Å². The lowest BCUT2D eigenvalue weighted by Crippen LogP contribution is -2.40. The minimum absolute atomic E-state index is 0.0898. The van der Waals surface area contributed by atoms with Crippen molar-refractivity contribution in [2.75, 3.05) is 13.1 Å². The van der Waals surface area contributed by atoms with Gasteiger partial charge in [0.15, 0.2) is 12.0 Å². The summed E-state index contributed by atoms with van der Waals surface area (Å²) in [6, 6.07) is 6.54. The summed E-state index contributed by atoms with van der Waals surface area (Å²) in [6.45, 7) is 5.72. The van der Waals surface area contributed by atoms with Crippen molar-refractivity contribution in [1.29, 1.82) is 5.26 Å². The summed E-state index contributed by atoms with van der Waals surface area (Å²) >= 11 is 0. The fourth-order valence-corrected chi connectivity index (χ4v) is 4.44. The highest BCUT2D eigenvalue weighted by molar-refractivity contribution is 5.25. The van der Waals surface area contributed by atoms with Crippen LogP contribution in [0.1, 0.15) is 38.6 Å². The van der Waals surface area contributed by atoms with Crippen LogP contribution in [0.5, 0.6) is 11.8 Å². The second-order valence-corrected chi connectivity index (χ2v) is 7.88. The van der Waals surface area contributed by atoms with Gasteiger partial charge in [0, 0.05) is 25.6 Å². The highest BCUT2D eigenvalue weighted by Gasteiger charge is 2.42. The molecule has 142 valence electrons. The molecule has 2 aliphatic rings. The van der Waals surface area contributed by atoms with Crippen molar-refractivity contribution in [3.63, 3.8) is 0 Å². The number of fused-ring (bicyclic) bond motifs is 2. The van der Waals surface area contributed by atoms with Crippen LogP contribution in [-0.2, 0) is 6.42 Å². The van der Waals surface area contributed by atoms with Crippen molar-refractivity contribution in [2.24, 2.45) is 17.8 Å². The highest BCUT2D eigenvalue weighted by Crippen LogP contribution is 2.43. The summed E-state index contributed by atoms with van der Waals surface area (Å²) in [5, 5.41) is 13.9. The van der Waals surface area contributed by atoms with Crippen molar-refractivity contribution >= 4 is 0 Å². The average Bonchev–Trinajstić information content (AvgIpc) is 3.12. The number of ether oxygens (including phenoxy) is 1. The maximum atomic E-state index is 13.4. The van der Waals surface area contributed by atoms with E-state index in [9.17, 15) is 9.65 Å². The summed E-state index contributed by atoms with van der Waals surface area (Å²) in [7, 11) is 0. The number of likely N-dealkylation sites (tertiary alicyclic amines) is 1. The van der Waals surface area contributed by atoms with Gasteiger partial charge in [0.2, 0.25) is 0 Å². The third-order valence-electron chi connectivity index (χ3n) is 5.73. The average molecular weight is 369 g/mol. The minimum atomic E-state index is -0.343. The molecule has 4 rings (SSSR count). The normalized spacial score (nSPS) is 24.3. The van der Waals surface area contributed by atoms with Gasteiger partial charge in [-0.05, 0) is 56.6 Å². The molecule has 1 aromatic heterocycles. The number of nitrogens with zero attached hydrogens (tertiary/aromatic N) is 5. The van der Waals surface area contributed by atoms with Crippen LogP contribution in [0.4, 0.5) is 4.39 Å². The number of hydrogen-bond acceptors (Lipinski definition) is 5. The second kappa shape index (κ2) is 7.18. The summed E-state index contributed by atoms with van der Waals surface area (Å²) in [4.78, 5) is 6.50. The molecular weight excluding hydrogens is 345 g/mol. The van der Waals surface area contributed by atoms with E-state index in [1.807, 2.05) is 18.7 Å². The number of nitriles is 1. The zero-order valence-corrected chi connectivity index (χ0v) is 15.7. The zero-order valence-electron chi connectivity index (χ0n) is 15.7. The molecule has 1 saturated carbocycles. The molecule has 6 nitrogen and oxygen atoms in total. The fourth-order valence-electron chi connectivity index (χ4n) is 4.44. The zero-order chi connectivity index (χ0) is 19.0. The smallest absolute Gasteiger partial charge is 0.320 e. The molecule has 0 amide bonds. The molecule has 3 atom stereocenters. The topological polar surface area (TPSA) is 67.0 Å². The van der Waals surface area contributed by atoms with E-state index >= 15 is 0 Å². The van der Waals surface area contributed by atoms with E-state index in [2.05, 4.69) is 16.3 Å². The largest absolute Gasteiger partial charge is 0.424 e. The van der Waals surface area contributed by atoms with E-state index in [0.29, 0.717) is 29.5 Å². The van der Waals surface area contributed by atoms with Gasteiger partial charge in [-0.2, -0.15) is 15.3 Å². The Balaban J connectivity index is 1.53. The van der Waals surface area contributed by atoms with Crippen LogP contribution in [0.25, 0.3) is 0 Å². The summed E-state index contributed by atoms with van der Waals surface area (Å²) < 4.78 is 21.0. The van der Waals surface area contributed by atoms with Gasteiger partial charge >= 0.3 is 6.01 Å². The monoisotopic (exact) mass is 369 g/mol. The van der Waals surface area contributed by atoms with Crippen molar-refractivity contribution in [3.8, 4) is 18.0 Å². The maximum Gasteiger partial charge on any atom is 0.320 e. The Bertz CT molecular complexity index is 844. The molecule has 0 N–H and O–H groups in total. The molecule has 2 aromatic rings. The Morgan fingerprint density at radius 1 is 1.30 bits per heavy atom. The Kier molecular flexibility index (Phi) is 4.73. The predicted molar refractivity (Wildman–Crippen MR) is 97.5 cm³/mol. The fraction of sp³-hybridized carbons (Fsp3) is 0.550. The lowest BCUT2D eigenvalue weighted by molar-refractivity contribution is 0.154. The number of benzene rings is 1. The molecular formula is C20H24FN5O. The first-order valence-electron chi connectivity index (χ1n) is 9.57. The van der Waals surface area contributed by atoms with E-state index in [0.717, 1.165) is 25.3 Å².